The van der Waals surface area contributed by atoms with Gasteiger partial charge in [-0.1, -0.05) is 128 Å². The van der Waals surface area contributed by atoms with Gasteiger partial charge in [0.05, 0.1) is 25.4 Å². The second-order valence-corrected chi connectivity index (χ2v) is 15.2. The predicted octanol–water partition coefficient (Wildman–Crippen LogP) is 9.10. The van der Waals surface area contributed by atoms with Crippen LogP contribution in [0.5, 0.6) is 0 Å². The highest BCUT2D eigenvalue weighted by molar-refractivity contribution is 5.30. The van der Waals surface area contributed by atoms with Crippen molar-refractivity contribution < 1.29 is 14.2 Å². The molecule has 0 aliphatic carbocycles. The van der Waals surface area contributed by atoms with Gasteiger partial charge < -0.3 is 14.2 Å². The molecule has 0 saturated carbocycles. The van der Waals surface area contributed by atoms with E-state index in [1.54, 1.807) is 0 Å². The smallest absolute Gasteiger partial charge is 0.0940 e. The summed E-state index contributed by atoms with van der Waals surface area (Å²) < 4.78 is 19.8. The molecular formula is C42H68N2O3. The zero-order chi connectivity index (χ0) is 33.1. The first-order valence-corrected chi connectivity index (χ1v) is 19.4. The third-order valence-electron chi connectivity index (χ3n) is 9.98. The van der Waals surface area contributed by atoms with Gasteiger partial charge in [-0.15, -0.1) is 0 Å². The van der Waals surface area contributed by atoms with Crippen LogP contribution in [0.1, 0.15) is 114 Å². The number of hydrogen-bond acceptors (Lipinski definition) is 5. The third kappa shape index (κ3) is 15.1. The maximum absolute atomic E-state index is 7.04. The van der Waals surface area contributed by atoms with Crippen LogP contribution in [0.2, 0.25) is 0 Å². The van der Waals surface area contributed by atoms with Gasteiger partial charge in [-0.25, -0.2) is 0 Å². The van der Waals surface area contributed by atoms with Crippen LogP contribution in [0.4, 0.5) is 0 Å². The lowest BCUT2D eigenvalue weighted by atomic mass is 9.99. The van der Waals surface area contributed by atoms with Crippen molar-refractivity contribution >= 4 is 0 Å². The first-order chi connectivity index (χ1) is 23.0. The first kappa shape index (κ1) is 38.0. The van der Waals surface area contributed by atoms with Crippen molar-refractivity contribution in [2.75, 3.05) is 52.6 Å². The summed E-state index contributed by atoms with van der Waals surface area (Å²) in [5.41, 5.74) is 5.91. The highest BCUT2D eigenvalue weighted by Crippen LogP contribution is 2.22. The van der Waals surface area contributed by atoms with Crippen LogP contribution < -0.4 is 0 Å². The fraction of sp³-hybridized carbons (Fsp3) is 0.714. The number of hydrogen-bond donors (Lipinski definition) is 0. The molecule has 0 aromatic heterocycles. The number of nitrogens with zero attached hydrogens (tertiary/aromatic N) is 2. The second kappa shape index (κ2) is 22.1. The van der Waals surface area contributed by atoms with Gasteiger partial charge in [-0.2, -0.15) is 0 Å². The highest BCUT2D eigenvalue weighted by Gasteiger charge is 2.26. The molecule has 2 aromatic carbocycles. The Morgan fingerprint density at radius 3 is 1.36 bits per heavy atom. The standard InChI is InChI=1S/C42H68N2O3/c1-35(2)17-9-5-7-15-27-45-33-41(31-43-25-23-37-19-11-13-21-39(37)29-43)47-42(34-46-28-16-8-6-10-18-36(3)4)32-44-26-24-38-20-12-14-22-40(38)30-44/h11-14,19-22,35-36,41-42H,5-10,15-18,23-34H2,1-4H3. The van der Waals surface area contributed by atoms with Gasteiger partial charge in [0.15, 0.2) is 0 Å². The first-order valence-electron chi connectivity index (χ1n) is 19.4. The second-order valence-electron chi connectivity index (χ2n) is 15.2. The van der Waals surface area contributed by atoms with E-state index in [1.165, 1.54) is 73.6 Å². The molecule has 0 bridgehead atoms. The van der Waals surface area contributed by atoms with Gasteiger partial charge >= 0.3 is 0 Å². The maximum Gasteiger partial charge on any atom is 0.0940 e. The summed E-state index contributed by atoms with van der Waals surface area (Å²) in [5, 5.41) is 0. The van der Waals surface area contributed by atoms with Crippen molar-refractivity contribution in [3.05, 3.63) is 70.8 Å². The number of ether oxygens (including phenoxy) is 3. The largest absolute Gasteiger partial charge is 0.379 e. The van der Waals surface area contributed by atoms with E-state index < -0.39 is 0 Å². The highest BCUT2D eigenvalue weighted by atomic mass is 16.6. The lowest BCUT2D eigenvalue weighted by Gasteiger charge is -2.36. The molecule has 2 unspecified atom stereocenters. The molecule has 4 rings (SSSR count). The molecule has 2 aromatic rings. The number of rotatable bonds is 24. The van der Waals surface area contributed by atoms with Gasteiger partial charge in [0.25, 0.3) is 0 Å². The van der Waals surface area contributed by atoms with Crippen LogP contribution in [-0.2, 0) is 40.1 Å². The zero-order valence-corrected chi connectivity index (χ0v) is 30.6. The Morgan fingerprint density at radius 1 is 0.532 bits per heavy atom. The third-order valence-corrected chi connectivity index (χ3v) is 9.98. The maximum atomic E-state index is 7.04. The lowest BCUT2D eigenvalue weighted by molar-refractivity contribution is -0.105. The molecule has 0 N–H and O–H groups in total. The Bertz CT molecular complexity index is 1020. The molecule has 0 saturated heterocycles. The van der Waals surface area contributed by atoms with E-state index in [1.807, 2.05) is 0 Å². The summed E-state index contributed by atoms with van der Waals surface area (Å²) >= 11 is 0. The normalized spacial score (nSPS) is 16.8. The SMILES string of the molecule is CC(C)CCCCCCOCC(CN1CCc2ccccc2C1)OC(COCCCCCCC(C)C)CN1CCc2ccccc2C1. The van der Waals surface area contributed by atoms with Crippen molar-refractivity contribution in [1.29, 1.82) is 0 Å². The quantitative estimate of drug-likeness (QED) is 0.106. The number of benzene rings is 2. The van der Waals surface area contributed by atoms with E-state index in [4.69, 9.17) is 14.2 Å². The van der Waals surface area contributed by atoms with Gasteiger partial charge in [0, 0.05) is 52.5 Å². The fourth-order valence-corrected chi connectivity index (χ4v) is 7.19. The summed E-state index contributed by atoms with van der Waals surface area (Å²) in [5.74, 6) is 1.61. The number of fused-ring (bicyclic) bond motifs is 2. The molecule has 0 fully saturated rings. The molecule has 5 nitrogen and oxygen atoms in total. The summed E-state index contributed by atoms with van der Waals surface area (Å²) in [6.07, 6.45) is 15.0. The summed E-state index contributed by atoms with van der Waals surface area (Å²) in [6, 6.07) is 17.9. The Kier molecular flexibility index (Phi) is 17.9. The monoisotopic (exact) mass is 649 g/mol. The van der Waals surface area contributed by atoms with Crippen LogP contribution in [0, 0.1) is 11.8 Å². The minimum Gasteiger partial charge on any atom is -0.379 e. The summed E-state index contributed by atoms with van der Waals surface area (Å²) in [6.45, 7) is 18.2. The molecule has 0 amide bonds. The zero-order valence-electron chi connectivity index (χ0n) is 30.6. The van der Waals surface area contributed by atoms with Gasteiger partial charge in [0.2, 0.25) is 0 Å². The van der Waals surface area contributed by atoms with Crippen molar-refractivity contribution in [1.82, 2.24) is 9.80 Å². The minimum absolute atomic E-state index is 0.0305. The Hall–Kier alpha value is -1.76. The van der Waals surface area contributed by atoms with Crippen molar-refractivity contribution in [2.45, 2.75) is 130 Å². The molecule has 0 spiro atoms. The van der Waals surface area contributed by atoms with Gasteiger partial charge in [0.1, 0.15) is 0 Å². The van der Waals surface area contributed by atoms with Crippen molar-refractivity contribution in [2.24, 2.45) is 11.8 Å². The molecular weight excluding hydrogens is 580 g/mol. The van der Waals surface area contributed by atoms with Gasteiger partial charge in [-0.05, 0) is 59.8 Å². The van der Waals surface area contributed by atoms with E-state index in [0.717, 1.165) is 90.0 Å². The average Bonchev–Trinajstić information content (AvgIpc) is 3.06. The Labute approximate surface area is 288 Å². The summed E-state index contributed by atoms with van der Waals surface area (Å²) in [4.78, 5) is 5.16. The lowest BCUT2D eigenvalue weighted by Crippen LogP contribution is -2.45. The average molecular weight is 649 g/mol. The van der Waals surface area contributed by atoms with Crippen LogP contribution in [0.3, 0.4) is 0 Å². The van der Waals surface area contributed by atoms with E-state index in [2.05, 4.69) is 86.0 Å². The summed E-state index contributed by atoms with van der Waals surface area (Å²) in [7, 11) is 0. The Balaban J connectivity index is 1.33. The molecule has 2 heterocycles. The predicted molar refractivity (Wildman–Crippen MR) is 197 cm³/mol. The molecule has 2 aliphatic heterocycles. The van der Waals surface area contributed by atoms with Crippen molar-refractivity contribution in [3.8, 4) is 0 Å². The fourth-order valence-electron chi connectivity index (χ4n) is 7.19. The molecule has 47 heavy (non-hydrogen) atoms. The van der Waals surface area contributed by atoms with Crippen LogP contribution in [0.25, 0.3) is 0 Å². The molecule has 0 radical (unpaired) electrons. The topological polar surface area (TPSA) is 34.2 Å². The van der Waals surface area contributed by atoms with Crippen LogP contribution >= 0.6 is 0 Å². The van der Waals surface area contributed by atoms with E-state index in [0.29, 0.717) is 13.2 Å². The molecule has 5 heteroatoms. The van der Waals surface area contributed by atoms with Crippen LogP contribution in [0.15, 0.2) is 48.5 Å². The van der Waals surface area contributed by atoms with Gasteiger partial charge in [-0.3, -0.25) is 9.80 Å². The molecule has 2 aliphatic rings. The van der Waals surface area contributed by atoms with E-state index in [-0.39, 0.29) is 12.2 Å². The number of unbranched alkanes of at least 4 members (excludes halogenated alkanes) is 6. The molecule has 264 valence electrons. The van der Waals surface area contributed by atoms with Crippen LogP contribution in [-0.4, -0.2) is 74.6 Å². The van der Waals surface area contributed by atoms with Crippen molar-refractivity contribution in [3.63, 3.8) is 0 Å². The molecule has 2 atom stereocenters. The van der Waals surface area contributed by atoms with E-state index in [9.17, 15) is 0 Å². The van der Waals surface area contributed by atoms with E-state index >= 15 is 0 Å². The minimum atomic E-state index is 0.0305. The Morgan fingerprint density at radius 2 is 0.936 bits per heavy atom.